The molecule has 2 bridgehead atoms. The summed E-state index contributed by atoms with van der Waals surface area (Å²) >= 11 is 4.83. The first-order valence-corrected chi connectivity index (χ1v) is 5.75. The van der Waals surface area contributed by atoms with Crippen LogP contribution in [0.1, 0.15) is 40.0 Å². The van der Waals surface area contributed by atoms with Crippen LogP contribution < -0.4 is 5.73 Å². The van der Waals surface area contributed by atoms with Gasteiger partial charge in [0.1, 0.15) is 6.10 Å². The third-order valence-corrected chi connectivity index (χ3v) is 5.07. The van der Waals surface area contributed by atoms with Crippen LogP contribution in [-0.4, -0.2) is 11.3 Å². The van der Waals surface area contributed by atoms with Gasteiger partial charge in [0.25, 0.3) is 5.17 Å². The molecule has 0 amide bonds. The standard InChI is InChI=1S/C11H19NOS/c1-10(2)7-4-5-11(10,3)8(6-7)13-9(12)14/h7-8H,4-6H2,1-3H3,(H2,12,14). The summed E-state index contributed by atoms with van der Waals surface area (Å²) < 4.78 is 5.59. The number of fused-ring (bicyclic) bond motifs is 2. The molecule has 0 aliphatic heterocycles. The molecule has 3 heteroatoms. The molecule has 0 saturated heterocycles. The molecule has 14 heavy (non-hydrogen) atoms. The van der Waals surface area contributed by atoms with E-state index in [2.05, 4.69) is 20.8 Å². The molecule has 2 fully saturated rings. The Kier molecular flexibility index (Phi) is 2.08. The second kappa shape index (κ2) is 2.84. The van der Waals surface area contributed by atoms with Crippen molar-refractivity contribution in [3.63, 3.8) is 0 Å². The second-order valence-electron chi connectivity index (χ2n) is 5.54. The fourth-order valence-corrected chi connectivity index (χ4v) is 3.56. The average molecular weight is 213 g/mol. The predicted octanol–water partition coefficient (Wildman–Crippen LogP) is 2.46. The van der Waals surface area contributed by atoms with Crippen molar-refractivity contribution in [2.75, 3.05) is 0 Å². The van der Waals surface area contributed by atoms with Crippen molar-refractivity contribution in [1.82, 2.24) is 0 Å². The molecule has 0 radical (unpaired) electrons. The third kappa shape index (κ3) is 1.11. The fourth-order valence-electron chi connectivity index (χ4n) is 3.45. The van der Waals surface area contributed by atoms with Gasteiger partial charge in [-0.1, -0.05) is 20.8 Å². The van der Waals surface area contributed by atoms with Crippen molar-refractivity contribution in [3.05, 3.63) is 0 Å². The van der Waals surface area contributed by atoms with E-state index in [1.807, 2.05) is 0 Å². The Morgan fingerprint density at radius 1 is 1.43 bits per heavy atom. The van der Waals surface area contributed by atoms with Crippen molar-refractivity contribution >= 4 is 17.4 Å². The highest BCUT2D eigenvalue weighted by Gasteiger charge is 2.62. The molecular formula is C11H19NOS. The second-order valence-corrected chi connectivity index (χ2v) is 5.94. The molecule has 3 unspecified atom stereocenters. The Morgan fingerprint density at radius 3 is 2.43 bits per heavy atom. The first kappa shape index (κ1) is 10.2. The summed E-state index contributed by atoms with van der Waals surface area (Å²) in [6.45, 7) is 7.03. The smallest absolute Gasteiger partial charge is 0.254 e. The van der Waals surface area contributed by atoms with E-state index in [1.54, 1.807) is 0 Å². The Hall–Kier alpha value is -0.310. The molecule has 2 saturated carbocycles. The zero-order chi connectivity index (χ0) is 10.6. The van der Waals surface area contributed by atoms with Gasteiger partial charge in [0.2, 0.25) is 0 Å². The van der Waals surface area contributed by atoms with Crippen molar-refractivity contribution in [2.24, 2.45) is 22.5 Å². The lowest BCUT2D eigenvalue weighted by Crippen LogP contribution is -2.39. The Labute approximate surface area is 91.2 Å². The zero-order valence-corrected chi connectivity index (χ0v) is 9.99. The van der Waals surface area contributed by atoms with Crippen molar-refractivity contribution in [3.8, 4) is 0 Å². The maximum absolute atomic E-state index is 5.59. The molecule has 2 aliphatic rings. The zero-order valence-electron chi connectivity index (χ0n) is 9.17. The van der Waals surface area contributed by atoms with E-state index < -0.39 is 0 Å². The first-order valence-electron chi connectivity index (χ1n) is 5.34. The number of ether oxygens (including phenoxy) is 1. The average Bonchev–Trinajstić information content (AvgIpc) is 2.35. The Morgan fingerprint density at radius 2 is 2.07 bits per heavy atom. The van der Waals surface area contributed by atoms with Gasteiger partial charge in [-0.05, 0) is 42.8 Å². The van der Waals surface area contributed by atoms with E-state index in [0.717, 1.165) is 12.3 Å². The van der Waals surface area contributed by atoms with Crippen molar-refractivity contribution < 1.29 is 4.74 Å². The molecule has 2 N–H and O–H groups in total. The van der Waals surface area contributed by atoms with Gasteiger partial charge in [-0.25, -0.2) is 0 Å². The van der Waals surface area contributed by atoms with Crippen molar-refractivity contribution in [2.45, 2.75) is 46.1 Å². The molecule has 0 spiro atoms. The maximum Gasteiger partial charge on any atom is 0.254 e. The highest BCUT2D eigenvalue weighted by atomic mass is 32.1. The molecule has 2 nitrogen and oxygen atoms in total. The first-order chi connectivity index (χ1) is 6.38. The number of hydrogen-bond donors (Lipinski definition) is 1. The van der Waals surface area contributed by atoms with Crippen LogP contribution in [0.3, 0.4) is 0 Å². The van der Waals surface area contributed by atoms with Crippen LogP contribution in [0.25, 0.3) is 0 Å². The minimum absolute atomic E-state index is 0.208. The predicted molar refractivity (Wildman–Crippen MR) is 60.9 cm³/mol. The number of hydrogen-bond acceptors (Lipinski definition) is 2. The summed E-state index contributed by atoms with van der Waals surface area (Å²) in [6.07, 6.45) is 3.95. The summed E-state index contributed by atoms with van der Waals surface area (Å²) in [5, 5.41) is 0.208. The van der Waals surface area contributed by atoms with E-state index >= 15 is 0 Å². The lowest BCUT2D eigenvalue weighted by atomic mass is 9.70. The van der Waals surface area contributed by atoms with Gasteiger partial charge in [-0.15, -0.1) is 0 Å². The van der Waals surface area contributed by atoms with E-state index in [0.29, 0.717) is 5.41 Å². The van der Waals surface area contributed by atoms with E-state index in [9.17, 15) is 0 Å². The molecule has 3 atom stereocenters. The van der Waals surface area contributed by atoms with Gasteiger partial charge in [-0.3, -0.25) is 0 Å². The molecule has 2 rings (SSSR count). The molecule has 0 aromatic carbocycles. The topological polar surface area (TPSA) is 35.2 Å². The summed E-state index contributed by atoms with van der Waals surface area (Å²) in [5.41, 5.74) is 6.10. The Bertz CT molecular complexity index is 276. The Balaban J connectivity index is 2.23. The lowest BCUT2D eigenvalue weighted by Gasteiger charge is -2.38. The van der Waals surface area contributed by atoms with E-state index in [1.165, 1.54) is 12.8 Å². The monoisotopic (exact) mass is 213 g/mol. The lowest BCUT2D eigenvalue weighted by molar-refractivity contribution is 0.0234. The number of nitrogens with two attached hydrogens (primary N) is 1. The highest BCUT2D eigenvalue weighted by Crippen LogP contribution is 2.66. The van der Waals surface area contributed by atoms with Gasteiger partial charge in [0, 0.05) is 5.41 Å². The molecular weight excluding hydrogens is 194 g/mol. The number of thiocarbonyl (C=S) groups is 1. The third-order valence-electron chi connectivity index (χ3n) is 4.97. The van der Waals surface area contributed by atoms with Crippen LogP contribution in [0.5, 0.6) is 0 Å². The molecule has 0 heterocycles. The molecule has 0 aromatic rings. The quantitative estimate of drug-likeness (QED) is 0.680. The highest BCUT2D eigenvalue weighted by molar-refractivity contribution is 7.80. The fraction of sp³-hybridized carbons (Fsp3) is 0.909. The minimum atomic E-state index is 0.208. The minimum Gasteiger partial charge on any atom is -0.467 e. The van der Waals surface area contributed by atoms with Crippen molar-refractivity contribution in [1.29, 1.82) is 0 Å². The van der Waals surface area contributed by atoms with E-state index in [4.69, 9.17) is 22.7 Å². The normalized spacial score (nSPS) is 43.9. The van der Waals surface area contributed by atoms with Gasteiger partial charge >= 0.3 is 0 Å². The summed E-state index contributed by atoms with van der Waals surface area (Å²) in [5.74, 6) is 0.784. The number of rotatable bonds is 1. The summed E-state index contributed by atoms with van der Waals surface area (Å²) in [7, 11) is 0. The van der Waals surface area contributed by atoms with Crippen LogP contribution in [-0.2, 0) is 4.74 Å². The van der Waals surface area contributed by atoms with Crippen LogP contribution in [0.15, 0.2) is 0 Å². The largest absolute Gasteiger partial charge is 0.467 e. The molecule has 80 valence electrons. The van der Waals surface area contributed by atoms with E-state index in [-0.39, 0.29) is 16.7 Å². The summed E-state index contributed by atoms with van der Waals surface area (Å²) in [6, 6.07) is 0. The summed E-state index contributed by atoms with van der Waals surface area (Å²) in [4.78, 5) is 0. The van der Waals surface area contributed by atoms with Gasteiger partial charge in [0.05, 0.1) is 0 Å². The van der Waals surface area contributed by atoms with Crippen LogP contribution in [0.2, 0.25) is 0 Å². The van der Waals surface area contributed by atoms with Gasteiger partial charge in [-0.2, -0.15) is 0 Å². The van der Waals surface area contributed by atoms with Crippen LogP contribution in [0.4, 0.5) is 0 Å². The molecule has 2 aliphatic carbocycles. The SMILES string of the molecule is CC1(C)C2CCC1(C)C(OC(N)=S)C2. The van der Waals surface area contributed by atoms with Gasteiger partial charge < -0.3 is 10.5 Å². The molecule has 0 aromatic heterocycles. The van der Waals surface area contributed by atoms with Crippen LogP contribution >= 0.6 is 12.2 Å². The van der Waals surface area contributed by atoms with Gasteiger partial charge in [0.15, 0.2) is 0 Å². The maximum atomic E-state index is 5.59. The van der Waals surface area contributed by atoms with Crippen LogP contribution in [0, 0.1) is 16.7 Å².